The maximum atomic E-state index is 14.3. The number of carbonyl (C=O) groups is 2. The molecule has 0 radical (unpaired) electrons. The number of pyridine rings is 1. The normalized spacial score (nSPS) is 14.9. The third kappa shape index (κ3) is 11.0. The van der Waals surface area contributed by atoms with E-state index in [9.17, 15) is 42.9 Å². The number of esters is 1. The summed E-state index contributed by atoms with van der Waals surface area (Å²) >= 11 is 1.34. The maximum absolute atomic E-state index is 14.3. The van der Waals surface area contributed by atoms with E-state index in [4.69, 9.17) is 4.74 Å². The van der Waals surface area contributed by atoms with E-state index in [1.54, 1.807) is 54.6 Å². The number of H-pyrrole nitrogens is 1. The SMILES string of the molecule is O=C(NCc1ccc(-c2cccc([C@](O)(C(=O)OCC3CCN(Cc4ccccc4)CC3)c3ccccc3)c2)s1)c1ccc(CNC[C@H](O)c2ccc(O)c3[nH]c(=O)ccc23)c(C(F)(F)F)c1. The van der Waals surface area contributed by atoms with Crippen LogP contribution in [-0.2, 0) is 40.9 Å². The van der Waals surface area contributed by atoms with E-state index in [0.29, 0.717) is 32.5 Å². The lowest BCUT2D eigenvalue weighted by atomic mass is 9.85. The van der Waals surface area contributed by atoms with Crippen LogP contribution in [0.4, 0.5) is 13.2 Å². The van der Waals surface area contributed by atoms with Gasteiger partial charge in [-0.2, -0.15) is 13.2 Å². The van der Waals surface area contributed by atoms with Crippen LogP contribution in [0.15, 0.2) is 144 Å². The molecule has 8 rings (SSSR count). The average Bonchev–Trinajstić information content (AvgIpc) is 3.82. The molecular formula is C52H49F3N4O7S. The van der Waals surface area contributed by atoms with Crippen molar-refractivity contribution >= 4 is 34.1 Å². The number of aliphatic hydroxyl groups is 2. The Balaban J connectivity index is 0.893. The number of hydrogen-bond acceptors (Lipinski definition) is 10. The molecule has 6 N–H and O–H groups in total. The second kappa shape index (κ2) is 20.5. The Hall–Kier alpha value is -6.62. The van der Waals surface area contributed by atoms with Gasteiger partial charge in [0.05, 0.1) is 30.3 Å². The molecule has 1 amide bonds. The van der Waals surface area contributed by atoms with Gasteiger partial charge < -0.3 is 35.7 Å². The van der Waals surface area contributed by atoms with Gasteiger partial charge in [-0.25, -0.2) is 4.79 Å². The molecule has 15 heteroatoms. The van der Waals surface area contributed by atoms with Crippen LogP contribution in [0.3, 0.4) is 0 Å². The highest BCUT2D eigenvalue weighted by atomic mass is 32.1. The van der Waals surface area contributed by atoms with Crippen molar-refractivity contribution in [1.29, 1.82) is 0 Å². The minimum Gasteiger partial charge on any atom is -0.506 e. The van der Waals surface area contributed by atoms with Crippen LogP contribution in [0.2, 0.25) is 0 Å². The summed E-state index contributed by atoms with van der Waals surface area (Å²) in [4.78, 5) is 45.4. The number of phenols is 1. The number of phenolic OH excluding ortho intramolecular Hbond substituents is 1. The molecule has 0 aliphatic carbocycles. The summed E-state index contributed by atoms with van der Waals surface area (Å²) in [5.74, 6) is -1.51. The molecule has 5 aromatic carbocycles. The summed E-state index contributed by atoms with van der Waals surface area (Å²) in [5, 5.41) is 39.3. The first-order valence-electron chi connectivity index (χ1n) is 21.9. The predicted molar refractivity (Wildman–Crippen MR) is 250 cm³/mol. The molecular weight excluding hydrogens is 882 g/mol. The largest absolute Gasteiger partial charge is 0.506 e. The van der Waals surface area contributed by atoms with Gasteiger partial charge in [0, 0.05) is 52.0 Å². The van der Waals surface area contributed by atoms with E-state index in [0.717, 1.165) is 43.4 Å². The van der Waals surface area contributed by atoms with E-state index in [1.165, 1.54) is 53.3 Å². The topological polar surface area (TPSA) is 164 Å². The van der Waals surface area contributed by atoms with Gasteiger partial charge in [-0.3, -0.25) is 14.5 Å². The van der Waals surface area contributed by atoms with Crippen LogP contribution >= 0.6 is 11.3 Å². The first-order chi connectivity index (χ1) is 32.3. The molecule has 2 aromatic heterocycles. The summed E-state index contributed by atoms with van der Waals surface area (Å²) in [6.07, 6.45) is -4.25. The van der Waals surface area contributed by atoms with Gasteiger partial charge in [-0.15, -0.1) is 11.3 Å². The van der Waals surface area contributed by atoms with Crippen LogP contribution in [0.25, 0.3) is 21.3 Å². The number of aromatic amines is 1. The number of aromatic nitrogens is 1. The second-order valence-electron chi connectivity index (χ2n) is 16.7. The van der Waals surface area contributed by atoms with Crippen LogP contribution in [-0.4, -0.2) is 63.3 Å². The number of aliphatic hydroxyl groups excluding tert-OH is 1. The molecule has 3 heterocycles. The Kier molecular flexibility index (Phi) is 14.3. The summed E-state index contributed by atoms with van der Waals surface area (Å²) in [5.41, 5.74) is -0.755. The summed E-state index contributed by atoms with van der Waals surface area (Å²) < 4.78 is 48.9. The fraction of sp³-hybridized carbons (Fsp3) is 0.250. The van der Waals surface area contributed by atoms with E-state index in [1.807, 2.05) is 30.3 Å². The zero-order chi connectivity index (χ0) is 47.1. The van der Waals surface area contributed by atoms with Crippen molar-refractivity contribution in [3.63, 3.8) is 0 Å². The van der Waals surface area contributed by atoms with Crippen LogP contribution in [0.5, 0.6) is 5.75 Å². The molecule has 1 fully saturated rings. The van der Waals surface area contributed by atoms with Gasteiger partial charge >= 0.3 is 12.1 Å². The molecule has 67 heavy (non-hydrogen) atoms. The highest BCUT2D eigenvalue weighted by Crippen LogP contribution is 2.37. The number of amides is 1. The highest BCUT2D eigenvalue weighted by Gasteiger charge is 2.42. The number of ether oxygens (including phenoxy) is 1. The van der Waals surface area contributed by atoms with Crippen LogP contribution in [0.1, 0.15) is 67.6 Å². The van der Waals surface area contributed by atoms with Gasteiger partial charge in [0.15, 0.2) is 0 Å². The molecule has 1 aliphatic heterocycles. The minimum absolute atomic E-state index is 0.0248. The number of benzene rings is 5. The number of carbonyl (C=O) groups excluding carboxylic acids is 2. The number of alkyl halides is 3. The van der Waals surface area contributed by atoms with Crippen molar-refractivity contribution < 1.29 is 42.8 Å². The summed E-state index contributed by atoms with van der Waals surface area (Å²) in [6, 6.07) is 38.4. The fourth-order valence-electron chi connectivity index (χ4n) is 8.47. The number of rotatable bonds is 16. The first-order valence-corrected chi connectivity index (χ1v) is 22.7. The zero-order valence-electron chi connectivity index (χ0n) is 36.3. The lowest BCUT2D eigenvalue weighted by Crippen LogP contribution is -2.40. The Morgan fingerprint density at radius 3 is 2.31 bits per heavy atom. The second-order valence-corrected chi connectivity index (χ2v) is 17.9. The minimum atomic E-state index is -4.79. The maximum Gasteiger partial charge on any atom is 0.416 e. The smallest absolute Gasteiger partial charge is 0.416 e. The van der Waals surface area contributed by atoms with Crippen molar-refractivity contribution in [2.45, 2.75) is 50.4 Å². The van der Waals surface area contributed by atoms with E-state index in [-0.39, 0.29) is 54.6 Å². The number of fused-ring (bicyclic) bond motifs is 1. The molecule has 7 aromatic rings. The molecule has 0 saturated carbocycles. The fourth-order valence-corrected chi connectivity index (χ4v) is 9.41. The number of thiophene rings is 1. The van der Waals surface area contributed by atoms with Crippen molar-refractivity contribution in [3.05, 3.63) is 194 Å². The molecule has 1 aliphatic rings. The Morgan fingerprint density at radius 1 is 0.836 bits per heavy atom. The summed E-state index contributed by atoms with van der Waals surface area (Å²) in [6.45, 7) is 2.40. The molecule has 346 valence electrons. The number of halogens is 3. The Bertz CT molecular complexity index is 2900. The van der Waals surface area contributed by atoms with Crippen molar-refractivity contribution in [2.75, 3.05) is 26.2 Å². The van der Waals surface area contributed by atoms with Gasteiger partial charge in [0.2, 0.25) is 11.2 Å². The lowest BCUT2D eigenvalue weighted by Gasteiger charge is -2.33. The van der Waals surface area contributed by atoms with Gasteiger partial charge in [0.1, 0.15) is 5.75 Å². The highest BCUT2D eigenvalue weighted by molar-refractivity contribution is 7.15. The van der Waals surface area contributed by atoms with Gasteiger partial charge in [-0.05, 0) is 102 Å². The number of nitrogens with zero attached hydrogens (tertiary/aromatic N) is 1. The van der Waals surface area contributed by atoms with E-state index < -0.39 is 40.9 Å². The van der Waals surface area contributed by atoms with Crippen LogP contribution < -0.4 is 16.2 Å². The number of nitrogens with one attached hydrogen (secondary N) is 3. The number of hydrogen-bond donors (Lipinski definition) is 6. The Morgan fingerprint density at radius 2 is 1.57 bits per heavy atom. The van der Waals surface area contributed by atoms with Crippen molar-refractivity contribution in [1.82, 2.24) is 20.5 Å². The third-order valence-corrected chi connectivity index (χ3v) is 13.3. The van der Waals surface area contributed by atoms with Crippen molar-refractivity contribution in [2.24, 2.45) is 5.92 Å². The third-order valence-electron chi connectivity index (χ3n) is 12.1. The molecule has 2 atom stereocenters. The zero-order valence-corrected chi connectivity index (χ0v) is 37.1. The predicted octanol–water partition coefficient (Wildman–Crippen LogP) is 8.43. The lowest BCUT2D eigenvalue weighted by molar-refractivity contribution is -0.164. The molecule has 1 saturated heterocycles. The molecule has 0 unspecified atom stereocenters. The van der Waals surface area contributed by atoms with Gasteiger partial charge in [-0.1, -0.05) is 91.0 Å². The average molecular weight is 931 g/mol. The number of likely N-dealkylation sites (tertiary alicyclic amines) is 1. The van der Waals surface area contributed by atoms with Gasteiger partial charge in [0.25, 0.3) is 5.91 Å². The Labute approximate surface area is 388 Å². The first kappa shape index (κ1) is 46.9. The molecule has 0 bridgehead atoms. The number of aromatic hydroxyl groups is 1. The molecule has 11 nitrogen and oxygen atoms in total. The monoisotopic (exact) mass is 930 g/mol. The quantitative estimate of drug-likeness (QED) is 0.0523. The van der Waals surface area contributed by atoms with E-state index >= 15 is 0 Å². The van der Waals surface area contributed by atoms with Crippen molar-refractivity contribution in [3.8, 4) is 16.2 Å². The standard InChI is InChI=1S/C52H49F3N4O7S/c53-52(54,55)43-27-36(14-15-37(43)28-56-30-45(61)41-17-19-44(60)48-42(41)18-21-47(62)58-48)49(63)57-29-40-16-20-46(67-40)35-10-7-13-39(26-35)51(65,38-11-5-2-6-12-38)50(64)66-32-34-22-24-59(25-23-34)31-33-8-3-1-4-9-33/h1-21,26-27,34,45,56,60-61,65H,22-25,28-32H2,(H,57,63)(H,58,62)/t45-,51-/m0/s1. The summed E-state index contributed by atoms with van der Waals surface area (Å²) in [7, 11) is 0. The van der Waals surface area contributed by atoms with E-state index in [2.05, 4.69) is 32.7 Å². The number of piperidine rings is 1. The molecule has 0 spiro atoms. The van der Waals surface area contributed by atoms with Crippen LogP contribution in [0, 0.1) is 5.92 Å².